The number of aromatic nitrogens is 1. The maximum absolute atomic E-state index is 13.2. The molecule has 0 saturated heterocycles. The fourth-order valence-corrected chi connectivity index (χ4v) is 3.74. The van der Waals surface area contributed by atoms with E-state index in [9.17, 15) is 36.2 Å². The smallest absolute Gasteiger partial charge is 0.418 e. The van der Waals surface area contributed by atoms with Crippen LogP contribution in [0, 0.1) is 6.92 Å². The molecule has 12 heteroatoms. The van der Waals surface area contributed by atoms with Gasteiger partial charge in [-0.25, -0.2) is 4.98 Å². The Morgan fingerprint density at radius 1 is 1.10 bits per heavy atom. The number of thiazole rings is 1. The van der Waals surface area contributed by atoms with Gasteiger partial charge in [-0.1, -0.05) is 22.9 Å². The third kappa shape index (κ3) is 4.25. The summed E-state index contributed by atoms with van der Waals surface area (Å²) in [5.41, 5.74) is -3.76. The van der Waals surface area contributed by atoms with Crippen LogP contribution in [0.25, 0.3) is 10.2 Å². The summed E-state index contributed by atoms with van der Waals surface area (Å²) in [6.07, 6.45) is -10.1. The van der Waals surface area contributed by atoms with Gasteiger partial charge in [0.15, 0.2) is 5.13 Å². The van der Waals surface area contributed by atoms with Gasteiger partial charge in [-0.05, 0) is 36.8 Å². The Labute approximate surface area is 167 Å². The van der Waals surface area contributed by atoms with E-state index in [1.54, 1.807) is 0 Å². The van der Waals surface area contributed by atoms with Crippen LogP contribution in [0.1, 0.15) is 27.0 Å². The van der Waals surface area contributed by atoms with E-state index in [0.29, 0.717) is 17.4 Å². The van der Waals surface area contributed by atoms with E-state index in [1.165, 1.54) is 13.0 Å². The van der Waals surface area contributed by atoms with Gasteiger partial charge in [-0.15, -0.1) is 0 Å². The van der Waals surface area contributed by atoms with E-state index in [-0.39, 0.29) is 27.3 Å². The second-order valence-electron chi connectivity index (χ2n) is 5.96. The highest BCUT2D eigenvalue weighted by atomic mass is 35.5. The van der Waals surface area contributed by atoms with Gasteiger partial charge in [0.2, 0.25) is 0 Å². The Hall–Kier alpha value is -2.53. The molecule has 0 aliphatic rings. The summed E-state index contributed by atoms with van der Waals surface area (Å²) >= 11 is 6.27. The van der Waals surface area contributed by atoms with Gasteiger partial charge in [0.05, 0.1) is 26.9 Å². The molecule has 0 spiro atoms. The topological polar surface area (TPSA) is 62.2 Å². The number of halogens is 7. The summed E-state index contributed by atoms with van der Waals surface area (Å²) in [5, 5.41) is 11.9. The van der Waals surface area contributed by atoms with Crippen LogP contribution in [0.3, 0.4) is 0 Å². The summed E-state index contributed by atoms with van der Waals surface area (Å²) in [7, 11) is 0. The Bertz CT molecular complexity index is 1120. The number of aromatic hydroxyl groups is 1. The van der Waals surface area contributed by atoms with Crippen LogP contribution in [0.2, 0.25) is 5.02 Å². The van der Waals surface area contributed by atoms with E-state index in [1.807, 2.05) is 0 Å². The van der Waals surface area contributed by atoms with Crippen molar-refractivity contribution in [3.05, 3.63) is 51.5 Å². The first kappa shape index (κ1) is 21.2. The average molecular weight is 455 g/mol. The normalized spacial score (nSPS) is 12.4. The molecule has 0 fully saturated rings. The molecule has 4 nitrogen and oxygen atoms in total. The molecule has 0 unspecified atom stereocenters. The highest BCUT2D eigenvalue weighted by Gasteiger charge is 2.39. The zero-order valence-corrected chi connectivity index (χ0v) is 15.7. The lowest BCUT2D eigenvalue weighted by atomic mass is 10.1. The van der Waals surface area contributed by atoms with Crippen LogP contribution in [0.5, 0.6) is 5.75 Å². The van der Waals surface area contributed by atoms with E-state index in [0.717, 1.165) is 6.07 Å². The number of benzene rings is 2. The Balaban J connectivity index is 2.07. The highest BCUT2D eigenvalue weighted by molar-refractivity contribution is 7.22. The average Bonchev–Trinajstić information content (AvgIpc) is 2.97. The minimum atomic E-state index is -5.09. The second-order valence-corrected chi connectivity index (χ2v) is 7.43. The third-order valence-corrected chi connectivity index (χ3v) is 4.99. The molecule has 2 N–H and O–H groups in total. The lowest BCUT2D eigenvalue weighted by Crippen LogP contribution is -2.13. The molecule has 0 saturated carbocycles. The van der Waals surface area contributed by atoms with Crippen molar-refractivity contribution < 1.29 is 36.2 Å². The van der Waals surface area contributed by atoms with Gasteiger partial charge >= 0.3 is 12.4 Å². The molecule has 3 aromatic rings. The van der Waals surface area contributed by atoms with Gasteiger partial charge in [-0.2, -0.15) is 26.3 Å². The summed E-state index contributed by atoms with van der Waals surface area (Å²) < 4.78 is 78.1. The first-order valence-corrected chi connectivity index (χ1v) is 8.86. The van der Waals surface area contributed by atoms with Gasteiger partial charge in [0.25, 0.3) is 5.91 Å². The predicted molar refractivity (Wildman–Crippen MR) is 95.4 cm³/mol. The van der Waals surface area contributed by atoms with E-state index in [4.69, 9.17) is 11.6 Å². The maximum Gasteiger partial charge on any atom is 0.418 e. The van der Waals surface area contributed by atoms with E-state index in [2.05, 4.69) is 10.3 Å². The van der Waals surface area contributed by atoms with E-state index >= 15 is 0 Å². The summed E-state index contributed by atoms with van der Waals surface area (Å²) in [6.45, 7) is 1.48. The molecule has 2 aromatic carbocycles. The largest absolute Gasteiger partial charge is 0.507 e. The Kier molecular flexibility index (Phi) is 5.16. The van der Waals surface area contributed by atoms with Crippen molar-refractivity contribution >= 4 is 44.2 Å². The van der Waals surface area contributed by atoms with Crippen molar-refractivity contribution in [3.63, 3.8) is 0 Å². The van der Waals surface area contributed by atoms with E-state index < -0.39 is 45.4 Å². The molecule has 0 atom stereocenters. The predicted octanol–water partition coefficient (Wildman–Crippen LogP) is 6.25. The number of anilines is 1. The van der Waals surface area contributed by atoms with Crippen molar-refractivity contribution in [2.75, 3.05) is 5.32 Å². The SMILES string of the molecule is Cc1cc(Cl)cc(C(=O)Nc2nc3c(C(F)(F)F)cc(C(F)(F)F)cc3s2)c1O. The van der Waals surface area contributed by atoms with Crippen LogP contribution in [-0.2, 0) is 12.4 Å². The number of nitrogens with zero attached hydrogens (tertiary/aromatic N) is 1. The first-order chi connectivity index (χ1) is 13.3. The van der Waals surface area contributed by atoms with Gasteiger partial charge in [-0.3, -0.25) is 10.1 Å². The van der Waals surface area contributed by atoms with Crippen LogP contribution in [0.4, 0.5) is 31.5 Å². The number of carbonyl (C=O) groups is 1. The number of rotatable bonds is 2. The number of phenols is 1. The summed E-state index contributed by atoms with van der Waals surface area (Å²) in [5.74, 6) is -1.33. The zero-order valence-electron chi connectivity index (χ0n) is 14.2. The van der Waals surface area contributed by atoms with Crippen molar-refractivity contribution in [1.82, 2.24) is 4.98 Å². The van der Waals surface area contributed by atoms with Crippen LogP contribution >= 0.6 is 22.9 Å². The number of nitrogens with one attached hydrogen (secondary N) is 1. The molecular weight excluding hydrogens is 446 g/mol. The maximum atomic E-state index is 13.2. The molecule has 0 aliphatic carbocycles. The summed E-state index contributed by atoms with van der Waals surface area (Å²) in [4.78, 5) is 16.0. The van der Waals surface area contributed by atoms with Crippen LogP contribution in [0.15, 0.2) is 24.3 Å². The molecule has 1 amide bonds. The fraction of sp³-hybridized carbons (Fsp3) is 0.176. The van der Waals surface area contributed by atoms with Crippen molar-refractivity contribution in [2.24, 2.45) is 0 Å². The number of carbonyl (C=O) groups excluding carboxylic acids is 1. The number of amides is 1. The van der Waals surface area contributed by atoms with Gasteiger partial charge < -0.3 is 5.11 Å². The molecule has 29 heavy (non-hydrogen) atoms. The lowest BCUT2D eigenvalue weighted by molar-refractivity contribution is -0.142. The van der Waals surface area contributed by atoms with Crippen LogP contribution in [-0.4, -0.2) is 16.0 Å². The number of hydrogen-bond acceptors (Lipinski definition) is 4. The number of phenolic OH excluding ortho intramolecular Hbond substituents is 1. The molecule has 1 heterocycles. The zero-order chi connectivity index (χ0) is 21.7. The number of alkyl halides is 6. The molecule has 154 valence electrons. The standard InChI is InChI=1S/C17H9ClF6N2O2S/c1-6-2-8(18)5-9(13(6)27)14(28)26-15-25-12-10(17(22,23)24)3-7(16(19,20)21)4-11(12)29-15/h2-5,27H,1H3,(H,25,26,28). The molecule has 3 rings (SSSR count). The monoisotopic (exact) mass is 454 g/mol. The molecular formula is C17H9ClF6N2O2S. The quantitative estimate of drug-likeness (QED) is 0.450. The molecule has 0 radical (unpaired) electrons. The number of fused-ring (bicyclic) bond motifs is 1. The molecule has 0 aliphatic heterocycles. The first-order valence-electron chi connectivity index (χ1n) is 7.67. The van der Waals surface area contributed by atoms with Gasteiger partial charge in [0.1, 0.15) is 5.75 Å². The summed E-state index contributed by atoms with van der Waals surface area (Å²) in [6, 6.07) is 3.02. The Morgan fingerprint density at radius 2 is 1.76 bits per heavy atom. The fourth-order valence-electron chi connectivity index (χ4n) is 2.54. The van der Waals surface area contributed by atoms with Crippen molar-refractivity contribution in [1.29, 1.82) is 0 Å². The van der Waals surface area contributed by atoms with Crippen molar-refractivity contribution in [3.8, 4) is 5.75 Å². The van der Waals surface area contributed by atoms with Gasteiger partial charge in [0, 0.05) is 5.02 Å². The second kappa shape index (κ2) is 7.06. The molecule has 1 aromatic heterocycles. The minimum absolute atomic E-state index is 0.0280. The Morgan fingerprint density at radius 3 is 2.34 bits per heavy atom. The van der Waals surface area contributed by atoms with Crippen LogP contribution < -0.4 is 5.32 Å². The highest BCUT2D eigenvalue weighted by Crippen LogP contribution is 2.42. The minimum Gasteiger partial charge on any atom is -0.507 e. The molecule has 0 bridgehead atoms. The van der Waals surface area contributed by atoms with Crippen molar-refractivity contribution in [2.45, 2.75) is 19.3 Å². The third-order valence-electron chi connectivity index (χ3n) is 3.86. The number of aryl methyl sites for hydroxylation is 1. The lowest BCUT2D eigenvalue weighted by Gasteiger charge is -2.11. The number of hydrogen-bond donors (Lipinski definition) is 2.